The van der Waals surface area contributed by atoms with E-state index in [1.54, 1.807) is 14.2 Å². The number of hydrogen-bond donors (Lipinski definition) is 2. The van der Waals surface area contributed by atoms with Crippen molar-refractivity contribution in [1.29, 1.82) is 0 Å². The van der Waals surface area contributed by atoms with Crippen molar-refractivity contribution in [2.24, 2.45) is 0 Å². The van der Waals surface area contributed by atoms with Crippen LogP contribution in [0.1, 0.15) is 36.8 Å². The van der Waals surface area contributed by atoms with Crippen LogP contribution in [-0.2, 0) is 12.8 Å². The zero-order valence-corrected chi connectivity index (χ0v) is 20.8. The van der Waals surface area contributed by atoms with E-state index in [1.165, 1.54) is 74.1 Å². The SMILES string of the molecule is COc1ccc2c(c1)N(C[C@H]1CCCN1)CC2.COc1ccc2c(c1)N(C[C@H]1CCCN1)CC2. The van der Waals surface area contributed by atoms with E-state index < -0.39 is 0 Å². The van der Waals surface area contributed by atoms with Crippen LogP contribution in [0, 0.1) is 0 Å². The lowest BCUT2D eigenvalue weighted by molar-refractivity contribution is 0.414. The minimum atomic E-state index is 0.673. The summed E-state index contributed by atoms with van der Waals surface area (Å²) >= 11 is 0. The molecule has 2 fully saturated rings. The first-order valence-corrected chi connectivity index (χ1v) is 13.0. The number of hydrogen-bond acceptors (Lipinski definition) is 6. The molecule has 2 aromatic carbocycles. The van der Waals surface area contributed by atoms with Crippen LogP contribution in [0.25, 0.3) is 0 Å². The molecule has 0 unspecified atom stereocenters. The molecule has 0 bridgehead atoms. The van der Waals surface area contributed by atoms with E-state index in [9.17, 15) is 0 Å². The zero-order valence-electron chi connectivity index (χ0n) is 20.8. The van der Waals surface area contributed by atoms with Gasteiger partial charge in [-0.05, 0) is 74.9 Å². The smallest absolute Gasteiger partial charge is 0.120 e. The highest BCUT2D eigenvalue weighted by molar-refractivity contribution is 5.62. The van der Waals surface area contributed by atoms with Crippen molar-refractivity contribution in [3.8, 4) is 11.5 Å². The van der Waals surface area contributed by atoms with Gasteiger partial charge in [0.2, 0.25) is 0 Å². The highest BCUT2D eigenvalue weighted by Crippen LogP contribution is 2.33. The van der Waals surface area contributed by atoms with Crippen molar-refractivity contribution in [2.45, 2.75) is 50.6 Å². The van der Waals surface area contributed by atoms with Gasteiger partial charge in [-0.2, -0.15) is 0 Å². The summed E-state index contributed by atoms with van der Waals surface area (Å²) in [6, 6.07) is 14.2. The standard InChI is InChI=1S/2C14H20N2O/c2*1-17-13-5-4-11-6-8-16(14(11)9-13)10-12-3-2-7-15-12/h2*4-5,9,12,15H,2-3,6-8,10H2,1H3/t2*12-/m11/s1. The minimum absolute atomic E-state index is 0.673. The lowest BCUT2D eigenvalue weighted by Gasteiger charge is -2.23. The fourth-order valence-electron chi connectivity index (χ4n) is 5.84. The van der Waals surface area contributed by atoms with E-state index in [-0.39, 0.29) is 0 Å². The monoisotopic (exact) mass is 464 g/mol. The Bertz CT molecular complexity index is 876. The van der Waals surface area contributed by atoms with Crippen molar-refractivity contribution in [3.63, 3.8) is 0 Å². The van der Waals surface area contributed by atoms with Gasteiger partial charge in [0.05, 0.1) is 14.2 Å². The third-order valence-corrected chi connectivity index (χ3v) is 7.77. The highest BCUT2D eigenvalue weighted by Gasteiger charge is 2.25. The van der Waals surface area contributed by atoms with E-state index in [2.05, 4.69) is 56.8 Å². The maximum Gasteiger partial charge on any atom is 0.120 e. The molecule has 2 atom stereocenters. The summed E-state index contributed by atoms with van der Waals surface area (Å²) in [6.07, 6.45) is 7.62. The molecule has 0 aliphatic carbocycles. The Hall–Kier alpha value is -2.44. The van der Waals surface area contributed by atoms with Crippen molar-refractivity contribution in [3.05, 3.63) is 47.5 Å². The summed E-state index contributed by atoms with van der Waals surface area (Å²) in [6.45, 7) is 6.95. The van der Waals surface area contributed by atoms with Gasteiger partial charge in [0.25, 0.3) is 0 Å². The van der Waals surface area contributed by atoms with Crippen molar-refractivity contribution >= 4 is 11.4 Å². The summed E-state index contributed by atoms with van der Waals surface area (Å²) in [4.78, 5) is 5.00. The Morgan fingerprint density at radius 1 is 0.735 bits per heavy atom. The number of nitrogens with one attached hydrogen (secondary N) is 2. The molecule has 6 heteroatoms. The van der Waals surface area contributed by atoms with E-state index in [0.29, 0.717) is 12.1 Å². The summed E-state index contributed by atoms with van der Waals surface area (Å²) in [5.41, 5.74) is 5.67. The number of nitrogens with zero attached hydrogens (tertiary/aromatic N) is 2. The first-order chi connectivity index (χ1) is 16.7. The first kappa shape index (κ1) is 23.3. The zero-order chi connectivity index (χ0) is 23.3. The van der Waals surface area contributed by atoms with Crippen LogP contribution < -0.4 is 29.9 Å². The van der Waals surface area contributed by atoms with Crippen molar-refractivity contribution in [2.75, 3.05) is 63.3 Å². The largest absolute Gasteiger partial charge is 0.497 e. The molecule has 6 nitrogen and oxygen atoms in total. The summed E-state index contributed by atoms with van der Waals surface area (Å²) in [7, 11) is 3.47. The lowest BCUT2D eigenvalue weighted by Crippen LogP contribution is -2.36. The molecule has 0 spiro atoms. The van der Waals surface area contributed by atoms with Crippen LogP contribution in [0.3, 0.4) is 0 Å². The maximum atomic E-state index is 5.32. The van der Waals surface area contributed by atoms with Crippen LogP contribution in [0.4, 0.5) is 11.4 Å². The number of ether oxygens (including phenoxy) is 2. The number of fused-ring (bicyclic) bond motifs is 2. The molecular formula is C28H40N4O2. The van der Waals surface area contributed by atoms with Gasteiger partial charge in [-0.15, -0.1) is 0 Å². The number of methoxy groups -OCH3 is 2. The molecule has 4 aliphatic heterocycles. The number of rotatable bonds is 6. The van der Waals surface area contributed by atoms with Crippen LogP contribution >= 0.6 is 0 Å². The lowest BCUT2D eigenvalue weighted by atomic mass is 10.1. The second-order valence-electron chi connectivity index (χ2n) is 9.97. The molecule has 2 N–H and O–H groups in total. The Balaban J connectivity index is 0.000000142. The second-order valence-corrected chi connectivity index (χ2v) is 9.97. The molecule has 34 heavy (non-hydrogen) atoms. The molecule has 2 saturated heterocycles. The normalized spacial score (nSPS) is 22.9. The molecule has 4 aliphatic rings. The van der Waals surface area contributed by atoms with Gasteiger partial charge in [0, 0.05) is 61.8 Å². The average molecular weight is 465 g/mol. The van der Waals surface area contributed by atoms with Crippen LogP contribution in [0.5, 0.6) is 11.5 Å². The number of benzene rings is 2. The predicted octanol–water partition coefficient (Wildman–Crippen LogP) is 3.62. The maximum absolute atomic E-state index is 5.32. The third-order valence-electron chi connectivity index (χ3n) is 7.77. The average Bonchev–Trinajstić information content (AvgIpc) is 3.69. The summed E-state index contributed by atoms with van der Waals surface area (Å²) in [5.74, 6) is 1.94. The third kappa shape index (κ3) is 5.28. The van der Waals surface area contributed by atoms with Crippen molar-refractivity contribution < 1.29 is 9.47 Å². The van der Waals surface area contributed by atoms with E-state index in [0.717, 1.165) is 37.7 Å². The number of anilines is 2. The second kappa shape index (κ2) is 10.9. The highest BCUT2D eigenvalue weighted by atomic mass is 16.5. The molecule has 184 valence electrons. The van der Waals surface area contributed by atoms with E-state index in [4.69, 9.17) is 9.47 Å². The van der Waals surface area contributed by atoms with Crippen molar-refractivity contribution in [1.82, 2.24) is 10.6 Å². The van der Waals surface area contributed by atoms with Gasteiger partial charge >= 0.3 is 0 Å². The van der Waals surface area contributed by atoms with Gasteiger partial charge in [-0.25, -0.2) is 0 Å². The first-order valence-electron chi connectivity index (χ1n) is 13.0. The van der Waals surface area contributed by atoms with Crippen LogP contribution in [0.2, 0.25) is 0 Å². The van der Waals surface area contributed by atoms with Gasteiger partial charge in [-0.3, -0.25) is 0 Å². The Kier molecular flexibility index (Phi) is 7.45. The van der Waals surface area contributed by atoms with E-state index in [1.807, 2.05) is 0 Å². The quantitative estimate of drug-likeness (QED) is 0.681. The predicted molar refractivity (Wildman–Crippen MR) is 140 cm³/mol. The fourth-order valence-corrected chi connectivity index (χ4v) is 5.84. The molecule has 0 saturated carbocycles. The molecule has 0 radical (unpaired) electrons. The van der Waals surface area contributed by atoms with Gasteiger partial charge in [0.15, 0.2) is 0 Å². The van der Waals surface area contributed by atoms with Gasteiger partial charge in [0.1, 0.15) is 11.5 Å². The Morgan fingerprint density at radius 3 is 1.59 bits per heavy atom. The van der Waals surface area contributed by atoms with Gasteiger partial charge < -0.3 is 29.9 Å². The molecular weight excluding hydrogens is 424 g/mol. The van der Waals surface area contributed by atoms with E-state index >= 15 is 0 Å². The Morgan fingerprint density at radius 2 is 1.21 bits per heavy atom. The fraction of sp³-hybridized carbons (Fsp3) is 0.571. The minimum Gasteiger partial charge on any atom is -0.497 e. The summed E-state index contributed by atoms with van der Waals surface area (Å²) < 4.78 is 10.6. The van der Waals surface area contributed by atoms with Crippen LogP contribution in [-0.4, -0.2) is 65.6 Å². The molecule has 0 aromatic heterocycles. The molecule has 6 rings (SSSR count). The summed E-state index contributed by atoms with van der Waals surface area (Å²) in [5, 5.41) is 7.14. The molecule has 0 amide bonds. The Labute approximate surface area is 204 Å². The van der Waals surface area contributed by atoms with Gasteiger partial charge in [-0.1, -0.05) is 12.1 Å². The topological polar surface area (TPSA) is 49.0 Å². The molecule has 2 aromatic rings. The molecule has 4 heterocycles. The van der Waals surface area contributed by atoms with Crippen LogP contribution in [0.15, 0.2) is 36.4 Å².